The molecule has 94 valence electrons. The Morgan fingerprint density at radius 1 is 1.41 bits per heavy atom. The maximum Gasteiger partial charge on any atom is 0.141 e. The van der Waals surface area contributed by atoms with Crippen molar-refractivity contribution in [3.63, 3.8) is 0 Å². The molecule has 1 heterocycles. The average molecular weight is 236 g/mol. The Morgan fingerprint density at radius 2 is 2.12 bits per heavy atom. The molecule has 1 unspecified atom stereocenters. The van der Waals surface area contributed by atoms with E-state index in [0.717, 1.165) is 18.5 Å². The topological polar surface area (TPSA) is 38.9 Å². The summed E-state index contributed by atoms with van der Waals surface area (Å²) < 4.78 is 12.9. The van der Waals surface area contributed by atoms with Crippen LogP contribution in [-0.2, 0) is 5.54 Å². The third kappa shape index (κ3) is 2.83. The third-order valence-corrected chi connectivity index (χ3v) is 4.00. The molecule has 1 aliphatic carbocycles. The van der Waals surface area contributed by atoms with Crippen LogP contribution in [0.15, 0.2) is 18.3 Å². The molecule has 17 heavy (non-hydrogen) atoms. The fraction of sp³-hybridized carbons (Fsp3) is 0.643. The number of hydrogen-bond donors (Lipinski definition) is 1. The molecular formula is C14H21FN2. The van der Waals surface area contributed by atoms with E-state index in [4.69, 9.17) is 5.73 Å². The Bertz CT molecular complexity index is 357. The summed E-state index contributed by atoms with van der Waals surface area (Å²) in [5.41, 5.74) is 6.90. The number of halogens is 1. The van der Waals surface area contributed by atoms with Crippen LogP contribution >= 0.6 is 0 Å². The molecule has 1 fully saturated rings. The normalized spacial score (nSPS) is 20.4. The van der Waals surface area contributed by atoms with Gasteiger partial charge in [-0.05, 0) is 30.9 Å². The van der Waals surface area contributed by atoms with E-state index in [-0.39, 0.29) is 11.4 Å². The summed E-state index contributed by atoms with van der Waals surface area (Å²) in [6.45, 7) is 2.08. The van der Waals surface area contributed by atoms with Gasteiger partial charge in [0.15, 0.2) is 0 Å². The fourth-order valence-corrected chi connectivity index (χ4v) is 2.83. The maximum absolute atomic E-state index is 12.9. The monoisotopic (exact) mass is 236 g/mol. The van der Waals surface area contributed by atoms with Crippen LogP contribution in [0.1, 0.15) is 51.1 Å². The van der Waals surface area contributed by atoms with Gasteiger partial charge in [-0.25, -0.2) is 4.39 Å². The van der Waals surface area contributed by atoms with Crippen LogP contribution in [0, 0.1) is 11.7 Å². The van der Waals surface area contributed by atoms with Gasteiger partial charge in [0.05, 0.1) is 17.4 Å². The number of rotatable bonds is 4. The first kappa shape index (κ1) is 12.5. The third-order valence-electron chi connectivity index (χ3n) is 4.00. The van der Waals surface area contributed by atoms with Crippen molar-refractivity contribution in [3.8, 4) is 0 Å². The summed E-state index contributed by atoms with van der Waals surface area (Å²) in [4.78, 5) is 4.16. The minimum atomic E-state index is -0.386. The lowest BCUT2D eigenvalue weighted by molar-refractivity contribution is 0.307. The van der Waals surface area contributed by atoms with Crippen molar-refractivity contribution in [1.29, 1.82) is 0 Å². The highest BCUT2D eigenvalue weighted by Gasteiger charge is 2.31. The van der Waals surface area contributed by atoms with E-state index in [1.54, 1.807) is 6.07 Å². The first-order valence-corrected chi connectivity index (χ1v) is 6.55. The van der Waals surface area contributed by atoms with Crippen LogP contribution in [0.25, 0.3) is 0 Å². The second-order valence-electron chi connectivity index (χ2n) is 5.23. The fourth-order valence-electron chi connectivity index (χ4n) is 2.83. The SMILES string of the molecule is CCC(N)(CC1CCCC1)c1ccc(F)cn1. The molecule has 0 radical (unpaired) electrons. The molecule has 1 atom stereocenters. The summed E-state index contributed by atoms with van der Waals surface area (Å²) in [6, 6.07) is 3.18. The molecule has 2 rings (SSSR count). The lowest BCUT2D eigenvalue weighted by Crippen LogP contribution is -2.38. The van der Waals surface area contributed by atoms with Gasteiger partial charge in [0.25, 0.3) is 0 Å². The van der Waals surface area contributed by atoms with E-state index in [0.29, 0.717) is 5.92 Å². The Balaban J connectivity index is 2.14. The van der Waals surface area contributed by atoms with E-state index in [1.807, 2.05) is 0 Å². The van der Waals surface area contributed by atoms with Gasteiger partial charge in [-0.1, -0.05) is 32.6 Å². The number of nitrogens with zero attached hydrogens (tertiary/aromatic N) is 1. The van der Waals surface area contributed by atoms with Crippen LogP contribution in [0.2, 0.25) is 0 Å². The van der Waals surface area contributed by atoms with Gasteiger partial charge in [0, 0.05) is 0 Å². The van der Waals surface area contributed by atoms with Gasteiger partial charge in [-0.15, -0.1) is 0 Å². The van der Waals surface area contributed by atoms with Gasteiger partial charge < -0.3 is 5.73 Å². The number of pyridine rings is 1. The number of nitrogens with two attached hydrogens (primary N) is 1. The highest BCUT2D eigenvalue weighted by Crippen LogP contribution is 2.36. The molecule has 0 bridgehead atoms. The largest absolute Gasteiger partial charge is 0.320 e. The van der Waals surface area contributed by atoms with Crippen LogP contribution < -0.4 is 5.73 Å². The van der Waals surface area contributed by atoms with Crippen molar-refractivity contribution >= 4 is 0 Å². The van der Waals surface area contributed by atoms with Crippen molar-refractivity contribution < 1.29 is 4.39 Å². The minimum Gasteiger partial charge on any atom is -0.320 e. The van der Waals surface area contributed by atoms with E-state index in [9.17, 15) is 4.39 Å². The minimum absolute atomic E-state index is 0.298. The summed E-state index contributed by atoms with van der Waals surface area (Å²) in [5.74, 6) is 0.417. The Morgan fingerprint density at radius 3 is 2.65 bits per heavy atom. The predicted molar refractivity (Wildman–Crippen MR) is 66.9 cm³/mol. The predicted octanol–water partition coefficient (Wildman–Crippen LogP) is 3.37. The van der Waals surface area contributed by atoms with Crippen molar-refractivity contribution in [1.82, 2.24) is 4.98 Å². The van der Waals surface area contributed by atoms with E-state index in [1.165, 1.54) is 37.9 Å². The van der Waals surface area contributed by atoms with Crippen LogP contribution in [-0.4, -0.2) is 4.98 Å². The van der Waals surface area contributed by atoms with Crippen molar-refractivity contribution in [2.45, 2.75) is 51.0 Å². The number of hydrogen-bond acceptors (Lipinski definition) is 2. The Hall–Kier alpha value is -0.960. The molecule has 0 aromatic carbocycles. The second-order valence-corrected chi connectivity index (χ2v) is 5.23. The average Bonchev–Trinajstić information content (AvgIpc) is 2.82. The van der Waals surface area contributed by atoms with Crippen molar-refractivity contribution in [3.05, 3.63) is 29.8 Å². The van der Waals surface area contributed by atoms with Gasteiger partial charge >= 0.3 is 0 Å². The highest BCUT2D eigenvalue weighted by molar-refractivity contribution is 5.16. The molecule has 1 saturated carbocycles. The molecule has 0 aliphatic heterocycles. The van der Waals surface area contributed by atoms with Gasteiger partial charge in [-0.3, -0.25) is 4.98 Å². The molecule has 2 N–H and O–H groups in total. The van der Waals surface area contributed by atoms with Crippen molar-refractivity contribution in [2.75, 3.05) is 0 Å². The summed E-state index contributed by atoms with van der Waals surface area (Å²) >= 11 is 0. The van der Waals surface area contributed by atoms with Crippen LogP contribution in [0.3, 0.4) is 0 Å². The molecule has 0 spiro atoms. The summed E-state index contributed by atoms with van der Waals surface area (Å²) in [6.07, 6.45) is 8.29. The molecule has 2 nitrogen and oxygen atoms in total. The zero-order valence-corrected chi connectivity index (χ0v) is 10.5. The lowest BCUT2D eigenvalue weighted by atomic mass is 9.82. The van der Waals surface area contributed by atoms with E-state index in [2.05, 4.69) is 11.9 Å². The Labute approximate surface area is 102 Å². The van der Waals surface area contributed by atoms with Gasteiger partial charge in [0.2, 0.25) is 0 Å². The first-order valence-electron chi connectivity index (χ1n) is 6.55. The molecule has 3 heteroatoms. The zero-order chi connectivity index (χ0) is 12.3. The number of aromatic nitrogens is 1. The maximum atomic E-state index is 12.9. The summed E-state index contributed by atoms with van der Waals surface area (Å²) in [5, 5.41) is 0. The summed E-state index contributed by atoms with van der Waals surface area (Å²) in [7, 11) is 0. The highest BCUT2D eigenvalue weighted by atomic mass is 19.1. The molecule has 1 aliphatic rings. The molecule has 0 amide bonds. The van der Waals surface area contributed by atoms with Crippen molar-refractivity contribution in [2.24, 2.45) is 11.7 Å². The van der Waals surface area contributed by atoms with Gasteiger partial charge in [-0.2, -0.15) is 0 Å². The zero-order valence-electron chi connectivity index (χ0n) is 10.5. The molecule has 1 aromatic heterocycles. The van der Waals surface area contributed by atoms with Gasteiger partial charge in [0.1, 0.15) is 5.82 Å². The first-order chi connectivity index (χ1) is 8.14. The molecule has 1 aromatic rings. The molecular weight excluding hydrogens is 215 g/mol. The quantitative estimate of drug-likeness (QED) is 0.870. The lowest BCUT2D eigenvalue weighted by Gasteiger charge is -2.30. The van der Waals surface area contributed by atoms with Crippen LogP contribution in [0.5, 0.6) is 0 Å². The molecule has 0 saturated heterocycles. The second kappa shape index (κ2) is 5.13. The Kier molecular flexibility index (Phi) is 3.77. The smallest absolute Gasteiger partial charge is 0.141 e. The standard InChI is InChI=1S/C14H21FN2/c1-2-14(16,9-11-5-3-4-6-11)13-8-7-12(15)10-17-13/h7-8,10-11H,2-6,9,16H2,1H3. The van der Waals surface area contributed by atoms with E-state index >= 15 is 0 Å². The van der Waals surface area contributed by atoms with E-state index < -0.39 is 0 Å². The van der Waals surface area contributed by atoms with Crippen LogP contribution in [0.4, 0.5) is 4.39 Å².